The van der Waals surface area contributed by atoms with Crippen LogP contribution in [-0.4, -0.2) is 22.0 Å². The molecule has 0 spiro atoms. The van der Waals surface area contributed by atoms with Crippen LogP contribution in [0.3, 0.4) is 0 Å². The summed E-state index contributed by atoms with van der Waals surface area (Å²) in [6, 6.07) is 22.0. The highest BCUT2D eigenvalue weighted by molar-refractivity contribution is 8.00. The Morgan fingerprint density at radius 1 is 1.00 bits per heavy atom. The molecule has 0 saturated heterocycles. The van der Waals surface area contributed by atoms with Gasteiger partial charge in [-0.2, -0.15) is 0 Å². The fourth-order valence-corrected chi connectivity index (χ4v) is 5.85. The maximum atomic E-state index is 13.1. The van der Waals surface area contributed by atoms with Crippen molar-refractivity contribution < 1.29 is 9.59 Å². The first kappa shape index (κ1) is 26.2. The number of hydrogen-bond donors (Lipinski definition) is 2. The van der Waals surface area contributed by atoms with E-state index >= 15 is 0 Å². The summed E-state index contributed by atoms with van der Waals surface area (Å²) in [5, 5.41) is 6.82. The minimum absolute atomic E-state index is 0.113. The van der Waals surface area contributed by atoms with Crippen molar-refractivity contribution in [3.63, 3.8) is 0 Å². The lowest BCUT2D eigenvalue weighted by Crippen LogP contribution is -2.24. The van der Waals surface area contributed by atoms with Crippen molar-refractivity contribution in [3.8, 4) is 11.3 Å². The highest BCUT2D eigenvalue weighted by Gasteiger charge is 2.21. The zero-order valence-electron chi connectivity index (χ0n) is 19.5. The number of aromatic nitrogens is 1. The number of thioether (sulfide) groups is 1. The van der Waals surface area contributed by atoms with Crippen LogP contribution in [0.2, 0.25) is 10.0 Å². The van der Waals surface area contributed by atoms with Gasteiger partial charge in [0, 0.05) is 26.0 Å². The fraction of sp³-hybridized carbons (Fsp3) is 0.148. The second kappa shape index (κ2) is 11.9. The van der Waals surface area contributed by atoms with Gasteiger partial charge in [-0.05, 0) is 49.7 Å². The van der Waals surface area contributed by atoms with Crippen molar-refractivity contribution in [2.24, 2.45) is 0 Å². The van der Waals surface area contributed by atoms with Crippen molar-refractivity contribution in [1.82, 2.24) is 4.98 Å². The van der Waals surface area contributed by atoms with Crippen LogP contribution in [0.5, 0.6) is 0 Å². The predicted molar refractivity (Wildman–Crippen MR) is 152 cm³/mol. The van der Waals surface area contributed by atoms with Crippen LogP contribution in [0, 0.1) is 6.92 Å². The van der Waals surface area contributed by atoms with E-state index in [-0.39, 0.29) is 22.1 Å². The maximum absolute atomic E-state index is 13.1. The van der Waals surface area contributed by atoms with Crippen LogP contribution < -0.4 is 10.6 Å². The van der Waals surface area contributed by atoms with Crippen LogP contribution in [-0.2, 0) is 4.79 Å². The van der Waals surface area contributed by atoms with Gasteiger partial charge in [0.1, 0.15) is 0 Å². The highest BCUT2D eigenvalue weighted by Crippen LogP contribution is 2.32. The van der Waals surface area contributed by atoms with Crippen molar-refractivity contribution in [2.75, 3.05) is 10.6 Å². The summed E-state index contributed by atoms with van der Waals surface area (Å²) < 4.78 is 0. The Balaban J connectivity index is 1.43. The molecule has 0 aliphatic carbocycles. The number of amides is 2. The van der Waals surface area contributed by atoms with E-state index in [0.717, 1.165) is 21.0 Å². The van der Waals surface area contributed by atoms with Gasteiger partial charge in [0.25, 0.3) is 5.91 Å². The lowest BCUT2D eigenvalue weighted by atomic mass is 10.1. The van der Waals surface area contributed by atoms with E-state index in [1.807, 2.05) is 62.4 Å². The number of nitrogens with zero attached hydrogens (tertiary/aromatic N) is 1. The van der Waals surface area contributed by atoms with Crippen molar-refractivity contribution in [3.05, 3.63) is 93.3 Å². The summed E-state index contributed by atoms with van der Waals surface area (Å²) in [6.45, 7) is 3.96. The molecule has 0 bridgehead atoms. The van der Waals surface area contributed by atoms with Gasteiger partial charge in [0.15, 0.2) is 5.13 Å². The molecule has 1 atom stereocenters. The molecule has 3 aromatic carbocycles. The minimum atomic E-state index is -0.336. The first-order valence-corrected chi connectivity index (χ1v) is 13.7. The zero-order chi connectivity index (χ0) is 25.7. The molecule has 4 rings (SSSR count). The van der Waals surface area contributed by atoms with Crippen molar-refractivity contribution in [1.29, 1.82) is 0 Å². The van der Waals surface area contributed by atoms with E-state index in [1.165, 1.54) is 29.2 Å². The standard InChI is InChI=1S/C27H23Cl2N3O2S2/c1-3-23(26(34)32-27-31-24(16(2)35-27)17-8-5-4-6-9-17)36-20-11-7-10-19(15-20)30-25(33)21-13-12-18(28)14-22(21)29/h4-15,23H,3H2,1-2H3,(H,30,33)(H,31,32,34). The summed E-state index contributed by atoms with van der Waals surface area (Å²) in [5.74, 6) is -0.449. The molecular formula is C27H23Cl2N3O2S2. The van der Waals surface area contributed by atoms with E-state index in [2.05, 4.69) is 15.6 Å². The second-order valence-corrected chi connectivity index (χ2v) is 11.2. The number of hydrogen-bond acceptors (Lipinski definition) is 5. The van der Waals surface area contributed by atoms with Gasteiger partial charge in [-0.1, -0.05) is 66.5 Å². The average Bonchev–Trinajstić information content (AvgIpc) is 3.22. The van der Waals surface area contributed by atoms with Gasteiger partial charge in [0.05, 0.1) is 21.5 Å². The van der Waals surface area contributed by atoms with Crippen molar-refractivity contribution >= 4 is 68.9 Å². The third kappa shape index (κ3) is 6.48. The van der Waals surface area contributed by atoms with Gasteiger partial charge in [-0.15, -0.1) is 23.1 Å². The van der Waals surface area contributed by atoms with E-state index in [0.29, 0.717) is 27.8 Å². The smallest absolute Gasteiger partial charge is 0.257 e. The maximum Gasteiger partial charge on any atom is 0.257 e. The molecule has 5 nitrogen and oxygen atoms in total. The summed E-state index contributed by atoms with van der Waals surface area (Å²) >= 11 is 15.0. The zero-order valence-corrected chi connectivity index (χ0v) is 22.7. The summed E-state index contributed by atoms with van der Waals surface area (Å²) in [4.78, 5) is 32.3. The largest absolute Gasteiger partial charge is 0.322 e. The molecule has 1 heterocycles. The molecule has 0 aliphatic rings. The third-order valence-electron chi connectivity index (χ3n) is 5.28. The first-order valence-electron chi connectivity index (χ1n) is 11.2. The predicted octanol–water partition coefficient (Wildman–Crippen LogP) is 8.19. The number of aryl methyl sites for hydroxylation is 1. The molecule has 2 N–H and O–H groups in total. The molecule has 2 amide bonds. The van der Waals surface area contributed by atoms with E-state index in [9.17, 15) is 9.59 Å². The molecule has 0 aliphatic heterocycles. The number of nitrogens with one attached hydrogen (secondary N) is 2. The molecule has 1 aromatic heterocycles. The molecule has 1 unspecified atom stereocenters. The Labute approximate surface area is 228 Å². The Kier molecular flexibility index (Phi) is 8.69. The number of thiazole rings is 1. The number of rotatable bonds is 8. The lowest BCUT2D eigenvalue weighted by molar-refractivity contribution is -0.115. The van der Waals surface area contributed by atoms with E-state index < -0.39 is 0 Å². The topological polar surface area (TPSA) is 71.1 Å². The second-order valence-electron chi connectivity index (χ2n) is 7.90. The molecule has 0 saturated carbocycles. The third-order valence-corrected chi connectivity index (χ3v) is 8.08. The lowest BCUT2D eigenvalue weighted by Gasteiger charge is -2.14. The van der Waals surface area contributed by atoms with Crippen LogP contribution in [0.4, 0.5) is 10.8 Å². The number of carbonyl (C=O) groups excluding carboxylic acids is 2. The number of anilines is 2. The van der Waals surface area contributed by atoms with Gasteiger partial charge < -0.3 is 10.6 Å². The highest BCUT2D eigenvalue weighted by atomic mass is 35.5. The number of benzene rings is 3. The van der Waals surface area contributed by atoms with E-state index in [4.69, 9.17) is 23.2 Å². The molecular weight excluding hydrogens is 533 g/mol. The molecule has 4 aromatic rings. The molecule has 36 heavy (non-hydrogen) atoms. The number of halogens is 2. The van der Waals surface area contributed by atoms with Gasteiger partial charge >= 0.3 is 0 Å². The summed E-state index contributed by atoms with van der Waals surface area (Å²) in [5.41, 5.74) is 2.83. The molecule has 0 radical (unpaired) electrons. The first-order chi connectivity index (χ1) is 17.3. The monoisotopic (exact) mass is 555 g/mol. The van der Waals surface area contributed by atoms with Crippen LogP contribution >= 0.6 is 46.3 Å². The van der Waals surface area contributed by atoms with Crippen LogP contribution in [0.25, 0.3) is 11.3 Å². The minimum Gasteiger partial charge on any atom is -0.322 e. The molecule has 9 heteroatoms. The summed E-state index contributed by atoms with van der Waals surface area (Å²) in [6.07, 6.45) is 0.628. The summed E-state index contributed by atoms with van der Waals surface area (Å²) in [7, 11) is 0. The van der Waals surface area contributed by atoms with Crippen LogP contribution in [0.15, 0.2) is 77.7 Å². The van der Waals surface area contributed by atoms with Gasteiger partial charge in [0.2, 0.25) is 5.91 Å². The molecule has 0 fully saturated rings. The Morgan fingerprint density at radius 3 is 2.50 bits per heavy atom. The van der Waals surface area contributed by atoms with E-state index in [1.54, 1.807) is 18.2 Å². The van der Waals surface area contributed by atoms with Crippen LogP contribution in [0.1, 0.15) is 28.6 Å². The van der Waals surface area contributed by atoms with Gasteiger partial charge in [-0.25, -0.2) is 4.98 Å². The van der Waals surface area contributed by atoms with Gasteiger partial charge in [-0.3, -0.25) is 9.59 Å². The normalized spacial score (nSPS) is 11.7. The Hall–Kier alpha value is -2.84. The average molecular weight is 557 g/mol. The molecule has 184 valence electrons. The number of carbonyl (C=O) groups is 2. The quantitative estimate of drug-likeness (QED) is 0.215. The Bertz CT molecular complexity index is 1390. The fourth-order valence-electron chi connectivity index (χ4n) is 3.51. The SMILES string of the molecule is CCC(Sc1cccc(NC(=O)c2ccc(Cl)cc2Cl)c1)C(=O)Nc1nc(-c2ccccc2)c(C)s1. The Morgan fingerprint density at radius 2 is 1.78 bits per heavy atom. The van der Waals surface area contributed by atoms with Crippen molar-refractivity contribution in [2.45, 2.75) is 30.4 Å².